The molecule has 0 aliphatic carbocycles. The smallest absolute Gasteiger partial charge is 1.00 e. The molecule has 12 nitrogen and oxygen atoms in total. The van der Waals surface area contributed by atoms with Crippen molar-refractivity contribution in [2.45, 2.75) is 0 Å². The van der Waals surface area contributed by atoms with Crippen LogP contribution >= 0.6 is 0 Å². The van der Waals surface area contributed by atoms with Crippen molar-refractivity contribution in [3.05, 3.63) is 19.6 Å². The average molecular weight is 308 g/mol. The minimum absolute atomic E-state index is 0. The zero-order valence-electron chi connectivity index (χ0n) is 15.2. The molecule has 82 valence electrons. The Labute approximate surface area is 213 Å². The first-order valence-corrected chi connectivity index (χ1v) is 1.53. The molecule has 0 rings (SSSR count). The molecule has 17 heavy (non-hydrogen) atoms. The molecule has 0 aliphatic heterocycles. The molecule has 0 unspecified atom stereocenters. The normalized spacial score (nSPS) is 2.82. The standard InChI is InChI=1S/4HNO2.5Na.5H/c4*2-1-3;;;;;;;;;;/h4*(H,2,3);;;;;;;;;;/q;;;;5*+1;5*-1. The van der Waals surface area contributed by atoms with Gasteiger partial charge in [0, 0.05) is 0 Å². The second-order valence-corrected chi connectivity index (χ2v) is 0.327. The largest absolute Gasteiger partial charge is 1.00 e. The molecule has 0 bridgehead atoms. The molecule has 0 amide bonds. The fourth-order valence-electron chi connectivity index (χ4n) is 0. The van der Waals surface area contributed by atoms with E-state index in [1.54, 1.807) is 0 Å². The Bertz CT molecular complexity index is 96.9. The predicted molar refractivity (Wildman–Crippen MR) is 35.9 cm³/mol. The summed E-state index contributed by atoms with van der Waals surface area (Å²) in [6.45, 7) is 0. The first-order chi connectivity index (χ1) is 5.66. The molecule has 0 heterocycles. The molecule has 0 aliphatic rings. The van der Waals surface area contributed by atoms with Gasteiger partial charge in [0.1, 0.15) is 0 Å². The third kappa shape index (κ3) is 758. The fourth-order valence-corrected chi connectivity index (χ4v) is 0. The van der Waals surface area contributed by atoms with Gasteiger partial charge in [-0.15, -0.1) is 19.6 Å². The Balaban J connectivity index is -0.00000000281. The number of rotatable bonds is 0. The Hall–Kier alpha value is 2.60. The Morgan fingerprint density at radius 3 is 0.471 bits per heavy atom. The minimum atomic E-state index is 0. The molecule has 0 aromatic rings. The molecule has 0 saturated carbocycles. The van der Waals surface area contributed by atoms with Crippen molar-refractivity contribution in [1.82, 2.24) is 0 Å². The van der Waals surface area contributed by atoms with Gasteiger partial charge in [-0.05, 0) is 0 Å². The van der Waals surface area contributed by atoms with Gasteiger partial charge in [-0.25, -0.2) is 0 Å². The van der Waals surface area contributed by atoms with Gasteiger partial charge in [0.2, 0.25) is 0 Å². The molecular formula is H9N4Na5O8. The summed E-state index contributed by atoms with van der Waals surface area (Å²) in [6.07, 6.45) is 0. The van der Waals surface area contributed by atoms with Crippen LogP contribution in [0.2, 0.25) is 0 Å². The summed E-state index contributed by atoms with van der Waals surface area (Å²) in [7, 11) is 0. The van der Waals surface area contributed by atoms with Crippen LogP contribution in [0.15, 0.2) is 21.4 Å². The minimum Gasteiger partial charge on any atom is -1.00 e. The second-order valence-electron chi connectivity index (χ2n) is 0.327. The van der Waals surface area contributed by atoms with Gasteiger partial charge < -0.3 is 28.0 Å². The third-order valence-electron chi connectivity index (χ3n) is 0. The summed E-state index contributed by atoms with van der Waals surface area (Å²) in [6, 6.07) is 0. The van der Waals surface area contributed by atoms with Crippen molar-refractivity contribution < 1.29 is 176 Å². The SMILES string of the molecule is O=NO.O=NO.O=NO.O=NO.[H-].[H-].[H-].[H-].[H-].[Na+].[Na+].[Na+].[Na+].[Na+]. The van der Waals surface area contributed by atoms with E-state index in [0.29, 0.717) is 0 Å². The van der Waals surface area contributed by atoms with E-state index >= 15 is 0 Å². The van der Waals surface area contributed by atoms with E-state index < -0.39 is 0 Å². The summed E-state index contributed by atoms with van der Waals surface area (Å²) in [5.41, 5.74) is 0. The van der Waals surface area contributed by atoms with Crippen molar-refractivity contribution in [1.29, 1.82) is 0 Å². The molecule has 4 N–H and O–H groups in total. The number of hydrogen-bond donors (Lipinski definition) is 4. The first kappa shape index (κ1) is 60.3. The second kappa shape index (κ2) is 132. The van der Waals surface area contributed by atoms with Crippen molar-refractivity contribution in [2.24, 2.45) is 21.4 Å². The summed E-state index contributed by atoms with van der Waals surface area (Å²) in [4.78, 5) is 32.4. The predicted octanol–water partition coefficient (Wildman–Crippen LogP) is -13.8. The Morgan fingerprint density at radius 2 is 0.471 bits per heavy atom. The van der Waals surface area contributed by atoms with Crippen LogP contribution in [-0.4, -0.2) is 20.8 Å². The summed E-state index contributed by atoms with van der Waals surface area (Å²) in [5, 5.41) is 31.6. The van der Waals surface area contributed by atoms with Gasteiger partial charge >= 0.3 is 148 Å². The van der Waals surface area contributed by atoms with E-state index in [-0.39, 0.29) is 155 Å². The molecule has 0 aromatic carbocycles. The van der Waals surface area contributed by atoms with E-state index in [0.717, 1.165) is 0 Å². The summed E-state index contributed by atoms with van der Waals surface area (Å²) < 4.78 is 0. The van der Waals surface area contributed by atoms with Crippen LogP contribution in [0, 0.1) is 19.6 Å². The Morgan fingerprint density at radius 1 is 0.471 bits per heavy atom. The van der Waals surface area contributed by atoms with Crippen LogP contribution in [0.1, 0.15) is 7.13 Å². The molecular weight excluding hydrogens is 299 g/mol. The van der Waals surface area contributed by atoms with Crippen molar-refractivity contribution >= 4 is 0 Å². The van der Waals surface area contributed by atoms with E-state index in [2.05, 4.69) is 0 Å². The zero-order valence-corrected chi connectivity index (χ0v) is 20.2. The maximum Gasteiger partial charge on any atom is 1.00 e. The monoisotopic (exact) mass is 308 g/mol. The zero-order chi connectivity index (χ0) is 10.8. The topological polar surface area (TPSA) is 199 Å². The number of hydrogen-bond acceptors (Lipinski definition) is 8. The Kier molecular flexibility index (Phi) is 470. The maximum atomic E-state index is 8.11. The van der Waals surface area contributed by atoms with Gasteiger partial charge in [0.15, 0.2) is 21.4 Å². The number of nitrogens with zero attached hydrogens (tertiary/aromatic N) is 4. The van der Waals surface area contributed by atoms with Gasteiger partial charge in [-0.3, -0.25) is 0 Å². The van der Waals surface area contributed by atoms with Crippen LogP contribution < -0.4 is 148 Å². The molecule has 0 atom stereocenters. The van der Waals surface area contributed by atoms with Crippen molar-refractivity contribution in [3.8, 4) is 0 Å². The van der Waals surface area contributed by atoms with Crippen LogP contribution in [-0.2, 0) is 0 Å². The van der Waals surface area contributed by atoms with Gasteiger partial charge in [0.25, 0.3) is 0 Å². The maximum absolute atomic E-state index is 8.11. The van der Waals surface area contributed by atoms with Crippen molar-refractivity contribution in [2.75, 3.05) is 0 Å². The molecule has 17 heteroatoms. The van der Waals surface area contributed by atoms with Crippen LogP contribution in [0.5, 0.6) is 0 Å². The van der Waals surface area contributed by atoms with E-state index in [1.807, 2.05) is 0 Å². The van der Waals surface area contributed by atoms with E-state index in [1.165, 1.54) is 21.4 Å². The van der Waals surface area contributed by atoms with Crippen molar-refractivity contribution in [3.63, 3.8) is 0 Å². The molecule has 0 saturated heterocycles. The van der Waals surface area contributed by atoms with Gasteiger partial charge in [-0.2, -0.15) is 0 Å². The van der Waals surface area contributed by atoms with Crippen LogP contribution in [0.4, 0.5) is 0 Å². The summed E-state index contributed by atoms with van der Waals surface area (Å²) in [5.74, 6) is 0. The molecule has 0 radical (unpaired) electrons. The first-order valence-electron chi connectivity index (χ1n) is 1.53. The molecule has 0 aromatic heterocycles. The van der Waals surface area contributed by atoms with E-state index in [9.17, 15) is 0 Å². The third-order valence-corrected chi connectivity index (χ3v) is 0. The summed E-state index contributed by atoms with van der Waals surface area (Å²) >= 11 is 0. The quantitative estimate of drug-likeness (QED) is 0.192. The fraction of sp³-hybridized carbons (Fsp3) is 0. The molecule has 0 spiro atoms. The van der Waals surface area contributed by atoms with Gasteiger partial charge in [-0.1, -0.05) is 0 Å². The van der Waals surface area contributed by atoms with Crippen LogP contribution in [0.3, 0.4) is 0 Å². The van der Waals surface area contributed by atoms with E-state index in [4.69, 9.17) is 40.5 Å². The van der Waals surface area contributed by atoms with Gasteiger partial charge in [0.05, 0.1) is 0 Å². The molecule has 0 fully saturated rings. The average Bonchev–Trinajstić information content (AvgIpc) is 1.92. The van der Waals surface area contributed by atoms with Crippen LogP contribution in [0.25, 0.3) is 0 Å².